The van der Waals surface area contributed by atoms with Crippen molar-refractivity contribution in [3.05, 3.63) is 205 Å². The van der Waals surface area contributed by atoms with E-state index in [9.17, 15) is 4.57 Å². The Hall–Kier alpha value is -7.00. The predicted octanol–water partition coefficient (Wildman–Crippen LogP) is 15.0. The first-order valence-electron chi connectivity index (χ1n) is 22.9. The van der Waals surface area contributed by atoms with E-state index in [-0.39, 0.29) is 5.41 Å². The number of hydrogen-bond donors (Lipinski definition) is 0. The Morgan fingerprint density at radius 1 is 0.446 bits per heavy atom. The fraction of sp³-hybridized carbons (Fsp3) is 0.150. The summed E-state index contributed by atoms with van der Waals surface area (Å²) in [5, 5.41) is 7.78. The van der Waals surface area contributed by atoms with Crippen LogP contribution in [0.1, 0.15) is 36.8 Å². The standard InChI is InChI=1S/C60H48N3OP/c1-65(2,64)56-53-18-10-8-16-51(53)55(52-17-9-11-19-54(52)56)43-27-32-48(33-28-43)60(38-39-20-31-50(60)36-39)49-34-29-45(30-35-49)58-61-57(44-24-21-42(22-25-44)40-12-4-3-5-13-40)62-59(63-58)47-26-23-41-14-6-7-15-46(41)37-47/h3-19,21-30,32-35,37,39,50H,20,31,36,38H2,1-2H3. The normalized spacial score (nSPS) is 18.2. The van der Waals surface area contributed by atoms with E-state index in [1.165, 1.54) is 52.5 Å². The molecule has 0 amide bonds. The van der Waals surface area contributed by atoms with Gasteiger partial charge in [0.1, 0.15) is 7.14 Å². The number of rotatable bonds is 8. The number of nitrogens with zero attached hydrogens (tertiary/aromatic N) is 3. The highest BCUT2D eigenvalue weighted by molar-refractivity contribution is 7.71. The molecule has 1 aromatic heterocycles. The van der Waals surface area contributed by atoms with Crippen molar-refractivity contribution in [1.82, 2.24) is 15.0 Å². The second-order valence-electron chi connectivity index (χ2n) is 18.7. The fourth-order valence-corrected chi connectivity index (χ4v) is 13.1. The highest BCUT2D eigenvalue weighted by Gasteiger charge is 2.52. The zero-order valence-corrected chi connectivity index (χ0v) is 37.5. The number of hydrogen-bond acceptors (Lipinski definition) is 4. The van der Waals surface area contributed by atoms with Gasteiger partial charge in [0.2, 0.25) is 0 Å². The molecule has 2 aliphatic rings. The van der Waals surface area contributed by atoms with Gasteiger partial charge in [-0.1, -0.05) is 194 Å². The van der Waals surface area contributed by atoms with E-state index in [1.807, 2.05) is 19.4 Å². The largest absolute Gasteiger partial charge is 0.319 e. The topological polar surface area (TPSA) is 55.7 Å². The van der Waals surface area contributed by atoms with E-state index in [0.717, 1.165) is 66.8 Å². The quantitative estimate of drug-likeness (QED) is 0.113. The zero-order chi connectivity index (χ0) is 43.7. The maximum atomic E-state index is 13.8. The summed E-state index contributed by atoms with van der Waals surface area (Å²) in [6, 6.07) is 69.6. The second kappa shape index (κ2) is 15.6. The van der Waals surface area contributed by atoms with Gasteiger partial charge in [-0.3, -0.25) is 0 Å². The maximum absolute atomic E-state index is 13.8. The van der Waals surface area contributed by atoms with E-state index in [1.54, 1.807) is 0 Å². The highest BCUT2D eigenvalue weighted by atomic mass is 31.2. The zero-order valence-electron chi connectivity index (χ0n) is 36.7. The third kappa shape index (κ3) is 6.82. The highest BCUT2D eigenvalue weighted by Crippen LogP contribution is 2.60. The van der Waals surface area contributed by atoms with Gasteiger partial charge in [-0.05, 0) is 116 Å². The minimum atomic E-state index is -2.58. The van der Waals surface area contributed by atoms with Gasteiger partial charge in [0, 0.05) is 27.4 Å². The molecule has 314 valence electrons. The van der Waals surface area contributed by atoms with Crippen LogP contribution >= 0.6 is 7.14 Å². The number of fused-ring (bicyclic) bond motifs is 5. The summed E-state index contributed by atoms with van der Waals surface area (Å²) in [4.78, 5) is 15.5. The molecule has 65 heavy (non-hydrogen) atoms. The molecule has 0 radical (unpaired) electrons. The van der Waals surface area contributed by atoms with Crippen LogP contribution in [-0.4, -0.2) is 28.3 Å². The van der Waals surface area contributed by atoms with Crippen LogP contribution in [0.4, 0.5) is 0 Å². The van der Waals surface area contributed by atoms with Crippen LogP contribution in [0.25, 0.3) is 88.7 Å². The third-order valence-electron chi connectivity index (χ3n) is 14.5. The van der Waals surface area contributed by atoms with Crippen molar-refractivity contribution >= 4 is 44.8 Å². The first-order chi connectivity index (χ1) is 31.8. The monoisotopic (exact) mass is 857 g/mol. The van der Waals surface area contributed by atoms with Gasteiger partial charge in [-0.25, -0.2) is 15.0 Å². The molecule has 3 unspecified atom stereocenters. The molecular weight excluding hydrogens is 810 g/mol. The van der Waals surface area contributed by atoms with E-state index < -0.39 is 7.14 Å². The molecule has 2 aliphatic carbocycles. The molecule has 0 saturated heterocycles. The minimum absolute atomic E-state index is 0.0773. The Labute approximate surface area is 380 Å². The van der Waals surface area contributed by atoms with E-state index in [2.05, 4.69) is 188 Å². The lowest BCUT2D eigenvalue weighted by Crippen LogP contribution is -2.34. The summed E-state index contributed by atoms with van der Waals surface area (Å²) >= 11 is 0. The van der Waals surface area contributed by atoms with E-state index in [4.69, 9.17) is 15.0 Å². The summed E-state index contributed by atoms with van der Waals surface area (Å²) < 4.78 is 13.8. The lowest BCUT2D eigenvalue weighted by Gasteiger charge is -2.39. The Bertz CT molecular complexity index is 3430. The number of aromatic nitrogens is 3. The average Bonchev–Trinajstić information content (AvgIpc) is 3.99. The molecule has 3 atom stereocenters. The summed E-state index contributed by atoms with van der Waals surface area (Å²) in [5.74, 6) is 3.28. The van der Waals surface area contributed by atoms with Crippen molar-refractivity contribution < 1.29 is 4.57 Å². The van der Waals surface area contributed by atoms with Crippen molar-refractivity contribution in [2.45, 2.75) is 31.1 Å². The second-order valence-corrected chi connectivity index (χ2v) is 21.8. The predicted molar refractivity (Wildman–Crippen MR) is 271 cm³/mol. The van der Waals surface area contributed by atoms with Gasteiger partial charge in [0.15, 0.2) is 17.5 Å². The van der Waals surface area contributed by atoms with Crippen molar-refractivity contribution in [3.63, 3.8) is 0 Å². The minimum Gasteiger partial charge on any atom is -0.319 e. The van der Waals surface area contributed by atoms with Gasteiger partial charge in [-0.15, -0.1) is 0 Å². The van der Waals surface area contributed by atoms with Crippen LogP contribution in [0.5, 0.6) is 0 Å². The SMILES string of the molecule is CP(C)(=O)c1c2ccccc2c(-c2ccc(C3(c4ccc(-c5nc(-c6ccc(-c7ccccc7)cc6)nc(-c6ccc7ccccc7c6)n5)cc4)CC4CCC3C4)cc2)c2ccccc12. The summed E-state index contributed by atoms with van der Waals surface area (Å²) in [7, 11) is -2.58. The van der Waals surface area contributed by atoms with Crippen molar-refractivity contribution in [2.24, 2.45) is 11.8 Å². The van der Waals surface area contributed by atoms with Crippen LogP contribution in [0.2, 0.25) is 0 Å². The summed E-state index contributed by atoms with van der Waals surface area (Å²) in [5.41, 5.74) is 10.3. The molecule has 0 aliphatic heterocycles. The molecule has 10 aromatic rings. The summed E-state index contributed by atoms with van der Waals surface area (Å²) in [6.07, 6.45) is 4.97. The van der Waals surface area contributed by atoms with Crippen molar-refractivity contribution in [3.8, 4) is 56.4 Å². The van der Waals surface area contributed by atoms with Gasteiger partial charge >= 0.3 is 0 Å². The van der Waals surface area contributed by atoms with Crippen LogP contribution in [-0.2, 0) is 9.98 Å². The van der Waals surface area contributed by atoms with E-state index in [0.29, 0.717) is 23.4 Å². The van der Waals surface area contributed by atoms with Crippen molar-refractivity contribution in [1.29, 1.82) is 0 Å². The average molecular weight is 858 g/mol. The molecule has 1 heterocycles. The maximum Gasteiger partial charge on any atom is 0.164 e. The molecule has 5 heteroatoms. The van der Waals surface area contributed by atoms with Gasteiger partial charge < -0.3 is 4.57 Å². The number of benzene rings is 9. The smallest absolute Gasteiger partial charge is 0.164 e. The molecule has 12 rings (SSSR count). The Kier molecular flexibility index (Phi) is 9.51. The molecule has 2 bridgehead atoms. The van der Waals surface area contributed by atoms with Gasteiger partial charge in [-0.2, -0.15) is 0 Å². The molecular formula is C60H48N3OP. The molecule has 2 saturated carbocycles. The van der Waals surface area contributed by atoms with Crippen LogP contribution in [0, 0.1) is 11.8 Å². The Morgan fingerprint density at radius 2 is 0.908 bits per heavy atom. The van der Waals surface area contributed by atoms with Gasteiger partial charge in [0.05, 0.1) is 0 Å². The molecule has 4 nitrogen and oxygen atoms in total. The third-order valence-corrected chi connectivity index (χ3v) is 16.1. The van der Waals surface area contributed by atoms with Crippen LogP contribution < -0.4 is 5.30 Å². The lowest BCUT2D eigenvalue weighted by molar-refractivity contribution is 0.320. The fourth-order valence-electron chi connectivity index (χ4n) is 11.6. The first kappa shape index (κ1) is 39.6. The summed E-state index contributed by atoms with van der Waals surface area (Å²) in [6.45, 7) is 3.79. The van der Waals surface area contributed by atoms with Crippen LogP contribution in [0.3, 0.4) is 0 Å². The van der Waals surface area contributed by atoms with Crippen molar-refractivity contribution in [2.75, 3.05) is 13.3 Å². The molecule has 2 fully saturated rings. The molecule has 0 N–H and O–H groups in total. The first-order valence-corrected chi connectivity index (χ1v) is 25.5. The Balaban J connectivity index is 0.941. The molecule has 0 spiro atoms. The van der Waals surface area contributed by atoms with Gasteiger partial charge in [0.25, 0.3) is 0 Å². The lowest BCUT2D eigenvalue weighted by atomic mass is 9.64. The van der Waals surface area contributed by atoms with Crippen LogP contribution in [0.15, 0.2) is 194 Å². The Morgan fingerprint density at radius 3 is 1.46 bits per heavy atom. The van der Waals surface area contributed by atoms with E-state index >= 15 is 0 Å². The molecule has 9 aromatic carbocycles.